The lowest BCUT2D eigenvalue weighted by atomic mass is 10.4. The van der Waals surface area contributed by atoms with Gasteiger partial charge in [-0.3, -0.25) is 9.79 Å². The first-order chi connectivity index (χ1) is 7.03. The minimum Gasteiger partial charge on any atom is -0.270 e. The number of amidine groups is 1. The van der Waals surface area contributed by atoms with Crippen LogP contribution in [0.15, 0.2) is 15.2 Å². The Balaban J connectivity index is 2.49. The van der Waals surface area contributed by atoms with E-state index in [9.17, 15) is 13.2 Å². The van der Waals surface area contributed by atoms with Crippen molar-refractivity contribution in [2.45, 2.75) is 26.2 Å². The summed E-state index contributed by atoms with van der Waals surface area (Å²) >= 11 is 0. The first-order valence-corrected chi connectivity index (χ1v) is 6.54. The van der Waals surface area contributed by atoms with Crippen molar-refractivity contribution < 1.29 is 13.2 Å². The van der Waals surface area contributed by atoms with Gasteiger partial charge in [-0.15, -0.1) is 10.2 Å². The molecule has 0 radical (unpaired) electrons. The molecule has 15 heavy (non-hydrogen) atoms. The summed E-state index contributed by atoms with van der Waals surface area (Å²) in [5.41, 5.74) is 0. The van der Waals surface area contributed by atoms with Crippen LogP contribution in [0.1, 0.15) is 26.2 Å². The molecule has 0 saturated heterocycles. The molecule has 0 bridgehead atoms. The molecule has 0 atom stereocenters. The van der Waals surface area contributed by atoms with Crippen molar-refractivity contribution in [3.8, 4) is 0 Å². The molecule has 0 aromatic carbocycles. The predicted octanol–water partition coefficient (Wildman–Crippen LogP) is 0.940. The summed E-state index contributed by atoms with van der Waals surface area (Å²) in [6.45, 7) is 1.92. The summed E-state index contributed by atoms with van der Waals surface area (Å²) < 4.78 is 22.7. The van der Waals surface area contributed by atoms with Gasteiger partial charge in [-0.05, 0) is 6.42 Å². The molecule has 1 rings (SSSR count). The average Bonchev–Trinajstić information content (AvgIpc) is 2.59. The van der Waals surface area contributed by atoms with Crippen LogP contribution in [0.3, 0.4) is 0 Å². The average molecular weight is 231 g/mol. The minimum absolute atomic E-state index is 0.0172. The van der Waals surface area contributed by atoms with Gasteiger partial charge in [0.1, 0.15) is 5.88 Å². The summed E-state index contributed by atoms with van der Waals surface area (Å²) in [6, 6.07) is 0. The highest BCUT2D eigenvalue weighted by Gasteiger charge is 2.15. The number of rotatable bonds is 5. The van der Waals surface area contributed by atoms with E-state index < -0.39 is 9.84 Å². The maximum atomic E-state index is 11.4. The molecular weight excluding hydrogens is 218 g/mol. The van der Waals surface area contributed by atoms with Crippen molar-refractivity contribution >= 4 is 21.6 Å². The van der Waals surface area contributed by atoms with E-state index >= 15 is 0 Å². The molecule has 0 spiro atoms. The van der Waals surface area contributed by atoms with Gasteiger partial charge in [0.2, 0.25) is 0 Å². The lowest BCUT2D eigenvalue weighted by Crippen LogP contribution is -2.10. The van der Waals surface area contributed by atoms with Gasteiger partial charge in [0.15, 0.2) is 15.7 Å². The summed E-state index contributed by atoms with van der Waals surface area (Å²) in [7, 11) is -3.15. The normalized spacial score (nSPS) is 19.0. The number of carbonyl (C=O) groups is 1. The van der Waals surface area contributed by atoms with E-state index in [-0.39, 0.29) is 29.8 Å². The Labute approximate surface area is 88.4 Å². The van der Waals surface area contributed by atoms with Crippen LogP contribution < -0.4 is 0 Å². The Hall–Kier alpha value is -1.11. The van der Waals surface area contributed by atoms with Gasteiger partial charge in [0, 0.05) is 0 Å². The predicted molar refractivity (Wildman–Crippen MR) is 55.5 cm³/mol. The Kier molecular flexibility index (Phi) is 4.07. The molecule has 1 aliphatic rings. The van der Waals surface area contributed by atoms with Crippen LogP contribution in [0, 0.1) is 0 Å². The maximum absolute atomic E-state index is 11.4. The number of carbonyl (C=O) groups excluding carboxylic acids is 1. The summed E-state index contributed by atoms with van der Waals surface area (Å²) in [5, 5.41) is 6.70. The third-order valence-corrected chi connectivity index (χ3v) is 3.27. The quantitative estimate of drug-likeness (QED) is 0.705. The number of sulfone groups is 1. The molecule has 0 unspecified atom stereocenters. The zero-order valence-electron chi connectivity index (χ0n) is 8.51. The van der Waals surface area contributed by atoms with Crippen molar-refractivity contribution in [1.82, 2.24) is 0 Å². The Morgan fingerprint density at radius 2 is 2.13 bits per heavy atom. The van der Waals surface area contributed by atoms with Crippen LogP contribution in [0.5, 0.6) is 0 Å². The van der Waals surface area contributed by atoms with Crippen LogP contribution in [0.25, 0.3) is 0 Å². The lowest BCUT2D eigenvalue weighted by Gasteiger charge is -1.98. The van der Waals surface area contributed by atoms with E-state index in [0.717, 1.165) is 6.42 Å². The Morgan fingerprint density at radius 1 is 1.40 bits per heavy atom. The Morgan fingerprint density at radius 3 is 2.67 bits per heavy atom. The van der Waals surface area contributed by atoms with Gasteiger partial charge in [-0.25, -0.2) is 8.42 Å². The fourth-order valence-electron chi connectivity index (χ4n) is 1.01. The second-order valence-corrected chi connectivity index (χ2v) is 5.43. The van der Waals surface area contributed by atoms with E-state index in [2.05, 4.69) is 15.2 Å². The van der Waals surface area contributed by atoms with Gasteiger partial charge in [0.05, 0.1) is 12.2 Å². The molecular formula is C8H13N3O3S. The van der Waals surface area contributed by atoms with Crippen molar-refractivity contribution in [3.05, 3.63) is 0 Å². The topological polar surface area (TPSA) is 88.3 Å². The summed E-state index contributed by atoms with van der Waals surface area (Å²) in [4.78, 5) is 14.4. The third-order valence-electron chi connectivity index (χ3n) is 1.84. The van der Waals surface area contributed by atoms with E-state index in [1.807, 2.05) is 6.92 Å². The Bertz CT molecular complexity index is 397. The molecule has 0 aliphatic carbocycles. The SMILES string of the molecule is CCCCS(=O)(=O)CN=C1CC(=O)N=N1. The first-order valence-electron chi connectivity index (χ1n) is 4.72. The zero-order valence-corrected chi connectivity index (χ0v) is 9.33. The number of nitrogens with zero attached hydrogens (tertiary/aromatic N) is 3. The second-order valence-electron chi connectivity index (χ2n) is 3.28. The fraction of sp³-hybridized carbons (Fsp3) is 0.750. The van der Waals surface area contributed by atoms with E-state index in [1.165, 1.54) is 0 Å². The third kappa shape index (κ3) is 4.28. The highest BCUT2D eigenvalue weighted by atomic mass is 32.2. The van der Waals surface area contributed by atoms with E-state index in [4.69, 9.17) is 0 Å². The number of hydrogen-bond donors (Lipinski definition) is 0. The van der Waals surface area contributed by atoms with Gasteiger partial charge in [0.25, 0.3) is 5.91 Å². The largest absolute Gasteiger partial charge is 0.272 e. The molecule has 0 aromatic rings. The van der Waals surface area contributed by atoms with Crippen molar-refractivity contribution in [1.29, 1.82) is 0 Å². The number of aliphatic imine (C=N–C) groups is 1. The minimum atomic E-state index is -3.15. The molecule has 1 amide bonds. The summed E-state index contributed by atoms with van der Waals surface area (Å²) in [6.07, 6.45) is 1.48. The van der Waals surface area contributed by atoms with Gasteiger partial charge < -0.3 is 0 Å². The first kappa shape index (κ1) is 12.0. The number of unbranched alkanes of at least 4 members (excludes halogenated alkanes) is 1. The number of hydrogen-bond acceptors (Lipinski definition) is 4. The van der Waals surface area contributed by atoms with Crippen LogP contribution in [0.4, 0.5) is 0 Å². The monoisotopic (exact) mass is 231 g/mol. The maximum Gasteiger partial charge on any atom is 0.272 e. The second kappa shape index (κ2) is 5.11. The molecule has 0 aromatic heterocycles. The smallest absolute Gasteiger partial charge is 0.270 e. The van der Waals surface area contributed by atoms with Crippen LogP contribution in [-0.2, 0) is 14.6 Å². The molecule has 6 nitrogen and oxygen atoms in total. The zero-order chi connectivity index (χ0) is 11.3. The van der Waals surface area contributed by atoms with Gasteiger partial charge >= 0.3 is 0 Å². The summed E-state index contributed by atoms with van der Waals surface area (Å²) in [5.74, 6) is -0.334. The van der Waals surface area contributed by atoms with Crippen molar-refractivity contribution in [2.75, 3.05) is 11.6 Å². The van der Waals surface area contributed by atoms with Crippen LogP contribution >= 0.6 is 0 Å². The standard InChI is InChI=1S/C8H13N3O3S/c1-2-3-4-15(13,14)6-9-7-5-8(12)11-10-7/h2-6H2,1H3. The van der Waals surface area contributed by atoms with Crippen molar-refractivity contribution in [2.24, 2.45) is 15.2 Å². The number of amides is 1. The van der Waals surface area contributed by atoms with Crippen LogP contribution in [-0.4, -0.2) is 31.8 Å². The number of azo groups is 1. The van der Waals surface area contributed by atoms with Gasteiger partial charge in [-0.1, -0.05) is 13.3 Å². The molecule has 0 fully saturated rings. The van der Waals surface area contributed by atoms with Gasteiger partial charge in [-0.2, -0.15) is 0 Å². The highest BCUT2D eigenvalue weighted by Crippen LogP contribution is 2.05. The molecule has 84 valence electrons. The molecule has 1 aliphatic heterocycles. The van der Waals surface area contributed by atoms with Crippen molar-refractivity contribution in [3.63, 3.8) is 0 Å². The van der Waals surface area contributed by atoms with Crippen LogP contribution in [0.2, 0.25) is 0 Å². The van der Waals surface area contributed by atoms with E-state index in [0.29, 0.717) is 6.42 Å². The highest BCUT2D eigenvalue weighted by molar-refractivity contribution is 7.91. The fourth-order valence-corrected chi connectivity index (χ4v) is 2.21. The molecule has 0 saturated carbocycles. The lowest BCUT2D eigenvalue weighted by molar-refractivity contribution is -0.116. The molecule has 7 heteroatoms. The molecule has 1 heterocycles. The molecule has 0 N–H and O–H groups in total. The van der Waals surface area contributed by atoms with E-state index in [1.54, 1.807) is 0 Å².